The van der Waals surface area contributed by atoms with Gasteiger partial charge < -0.3 is 15.2 Å². The van der Waals surface area contributed by atoms with E-state index in [0.29, 0.717) is 0 Å². The lowest BCUT2D eigenvalue weighted by Gasteiger charge is -2.08. The fourth-order valence-electron chi connectivity index (χ4n) is 1.17. The van der Waals surface area contributed by atoms with Gasteiger partial charge in [-0.25, -0.2) is 4.79 Å². The highest BCUT2D eigenvalue weighted by Crippen LogP contribution is 2.29. The van der Waals surface area contributed by atoms with Gasteiger partial charge in [0.05, 0.1) is 5.56 Å². The summed E-state index contributed by atoms with van der Waals surface area (Å²) >= 11 is 0. The maximum atomic E-state index is 12.3. The molecule has 0 aliphatic heterocycles. The Morgan fingerprint density at radius 2 is 1.74 bits per heavy atom. The van der Waals surface area contributed by atoms with Crippen LogP contribution < -0.4 is 5.32 Å². The molecule has 0 fully saturated rings. The number of carboxylic acid groups (broad SMARTS) is 1. The summed E-state index contributed by atoms with van der Waals surface area (Å²) in [4.78, 5) is 21.3. The van der Waals surface area contributed by atoms with Gasteiger partial charge in [0.25, 0.3) is 0 Å². The Hall–Kier alpha value is -2.09. The topological polar surface area (TPSA) is 75.6 Å². The van der Waals surface area contributed by atoms with Gasteiger partial charge in [0.1, 0.15) is 13.2 Å². The molecule has 1 aromatic carbocycles. The summed E-state index contributed by atoms with van der Waals surface area (Å²) in [6, 6.07) is 3.84. The van der Waals surface area contributed by atoms with Gasteiger partial charge >= 0.3 is 12.1 Å². The molecule has 0 heterocycles. The number of nitrogens with one attached hydrogen (secondary N) is 1. The molecule has 104 valence electrons. The lowest BCUT2D eigenvalue weighted by Crippen LogP contribution is -2.20. The molecule has 0 atom stereocenters. The lowest BCUT2D eigenvalue weighted by atomic mass is 10.2. The summed E-state index contributed by atoms with van der Waals surface area (Å²) in [5.41, 5.74) is -0.662. The van der Waals surface area contributed by atoms with Crippen LogP contribution in [0.2, 0.25) is 0 Å². The molecular formula is C11H10F3NO4. The first-order valence-corrected chi connectivity index (χ1v) is 5.05. The molecule has 5 nitrogen and oxygen atoms in total. The van der Waals surface area contributed by atoms with E-state index in [0.717, 1.165) is 24.3 Å². The standard InChI is InChI=1S/C11H10F3NO4/c12-11(13,14)7-1-3-8(4-2-7)15-9(16)5-19-6-10(17)18/h1-4H,5-6H2,(H,15,16)(H,17,18). The van der Waals surface area contributed by atoms with Crippen LogP contribution in [0.25, 0.3) is 0 Å². The zero-order chi connectivity index (χ0) is 14.5. The minimum absolute atomic E-state index is 0.164. The van der Waals surface area contributed by atoms with E-state index in [1.165, 1.54) is 0 Å². The van der Waals surface area contributed by atoms with E-state index in [-0.39, 0.29) is 5.69 Å². The largest absolute Gasteiger partial charge is 0.480 e. The smallest absolute Gasteiger partial charge is 0.416 e. The molecular weight excluding hydrogens is 267 g/mol. The third-order valence-corrected chi connectivity index (χ3v) is 1.95. The van der Waals surface area contributed by atoms with Crippen LogP contribution >= 0.6 is 0 Å². The number of benzene rings is 1. The number of hydrogen-bond donors (Lipinski definition) is 2. The Morgan fingerprint density at radius 1 is 1.16 bits per heavy atom. The predicted molar refractivity (Wildman–Crippen MR) is 58.5 cm³/mol. The van der Waals surface area contributed by atoms with E-state index in [2.05, 4.69) is 10.1 Å². The second kappa shape index (κ2) is 6.19. The van der Waals surface area contributed by atoms with Crippen molar-refractivity contribution >= 4 is 17.6 Å². The van der Waals surface area contributed by atoms with Crippen LogP contribution in [0.4, 0.5) is 18.9 Å². The van der Waals surface area contributed by atoms with Crippen molar-refractivity contribution in [1.29, 1.82) is 0 Å². The van der Waals surface area contributed by atoms with E-state index in [1.807, 2.05) is 0 Å². The van der Waals surface area contributed by atoms with Crippen molar-refractivity contribution in [2.24, 2.45) is 0 Å². The van der Waals surface area contributed by atoms with Crippen LogP contribution in [0.5, 0.6) is 0 Å². The molecule has 1 rings (SSSR count). The number of carboxylic acids is 1. The van der Waals surface area contributed by atoms with Crippen LogP contribution in [0.1, 0.15) is 5.56 Å². The minimum Gasteiger partial charge on any atom is -0.480 e. The third-order valence-electron chi connectivity index (χ3n) is 1.95. The summed E-state index contributed by atoms with van der Waals surface area (Å²) < 4.78 is 41.3. The van der Waals surface area contributed by atoms with Gasteiger partial charge in [-0.05, 0) is 24.3 Å². The molecule has 8 heteroatoms. The van der Waals surface area contributed by atoms with Crippen LogP contribution in [-0.4, -0.2) is 30.2 Å². The third kappa shape index (κ3) is 5.38. The van der Waals surface area contributed by atoms with Gasteiger partial charge in [-0.15, -0.1) is 0 Å². The number of carbonyl (C=O) groups excluding carboxylic acids is 1. The fraction of sp³-hybridized carbons (Fsp3) is 0.273. The number of amides is 1. The van der Waals surface area contributed by atoms with Crippen LogP contribution in [-0.2, 0) is 20.5 Å². The highest BCUT2D eigenvalue weighted by atomic mass is 19.4. The zero-order valence-corrected chi connectivity index (χ0v) is 9.53. The van der Waals surface area contributed by atoms with Crippen LogP contribution in [0, 0.1) is 0 Å². The maximum Gasteiger partial charge on any atom is 0.416 e. The zero-order valence-electron chi connectivity index (χ0n) is 9.53. The van der Waals surface area contributed by atoms with E-state index in [4.69, 9.17) is 5.11 Å². The van der Waals surface area contributed by atoms with Crippen LogP contribution in [0.15, 0.2) is 24.3 Å². The average Bonchev–Trinajstić information content (AvgIpc) is 2.27. The molecule has 0 radical (unpaired) electrons. The van der Waals surface area contributed by atoms with Crippen molar-refractivity contribution in [1.82, 2.24) is 0 Å². The first kappa shape index (κ1) is 15.0. The van der Waals surface area contributed by atoms with Crippen molar-refractivity contribution in [3.8, 4) is 0 Å². The first-order chi connectivity index (χ1) is 8.79. The molecule has 0 saturated carbocycles. The molecule has 0 bridgehead atoms. The number of alkyl halides is 3. The maximum absolute atomic E-state index is 12.3. The van der Waals surface area contributed by atoms with Crippen LogP contribution in [0.3, 0.4) is 0 Å². The average molecular weight is 277 g/mol. The molecule has 0 spiro atoms. The second-order valence-electron chi connectivity index (χ2n) is 3.51. The van der Waals surface area contributed by atoms with E-state index in [1.54, 1.807) is 0 Å². The van der Waals surface area contributed by atoms with E-state index < -0.39 is 36.8 Å². The number of aliphatic carboxylic acids is 1. The normalized spacial score (nSPS) is 11.1. The van der Waals surface area contributed by atoms with E-state index >= 15 is 0 Å². The number of halogens is 3. The summed E-state index contributed by atoms with van der Waals surface area (Å²) in [5.74, 6) is -1.87. The van der Waals surface area contributed by atoms with Gasteiger partial charge in [-0.1, -0.05) is 0 Å². The van der Waals surface area contributed by atoms with Gasteiger partial charge in [0.2, 0.25) is 5.91 Å². The van der Waals surface area contributed by atoms with Gasteiger partial charge in [0.15, 0.2) is 0 Å². The lowest BCUT2D eigenvalue weighted by molar-refractivity contribution is -0.143. The molecule has 0 unspecified atom stereocenters. The molecule has 19 heavy (non-hydrogen) atoms. The Labute approximate surface area is 106 Å². The summed E-state index contributed by atoms with van der Waals surface area (Å²) in [6.45, 7) is -1.12. The molecule has 1 aromatic rings. The van der Waals surface area contributed by atoms with Gasteiger partial charge in [-0.3, -0.25) is 4.79 Å². The first-order valence-electron chi connectivity index (χ1n) is 5.05. The Bertz CT molecular complexity index is 456. The van der Waals surface area contributed by atoms with Crippen molar-refractivity contribution < 1.29 is 32.6 Å². The molecule has 1 amide bonds. The quantitative estimate of drug-likeness (QED) is 0.859. The van der Waals surface area contributed by atoms with Crippen molar-refractivity contribution in [2.75, 3.05) is 18.5 Å². The molecule has 0 aliphatic rings. The Kier molecular flexibility index (Phi) is 4.87. The predicted octanol–water partition coefficient (Wildman–Crippen LogP) is 1.75. The number of rotatable bonds is 5. The highest BCUT2D eigenvalue weighted by molar-refractivity contribution is 5.91. The molecule has 0 aromatic heterocycles. The van der Waals surface area contributed by atoms with Gasteiger partial charge in [-0.2, -0.15) is 13.2 Å². The van der Waals surface area contributed by atoms with Crippen molar-refractivity contribution in [3.05, 3.63) is 29.8 Å². The van der Waals surface area contributed by atoms with Gasteiger partial charge in [0, 0.05) is 5.69 Å². The minimum atomic E-state index is -4.44. The molecule has 0 saturated heterocycles. The number of ether oxygens (including phenoxy) is 1. The summed E-state index contributed by atoms with van der Waals surface area (Å²) in [5, 5.41) is 10.5. The SMILES string of the molecule is O=C(O)COCC(=O)Nc1ccc(C(F)(F)F)cc1. The fourth-order valence-corrected chi connectivity index (χ4v) is 1.17. The second-order valence-corrected chi connectivity index (χ2v) is 3.51. The Balaban J connectivity index is 2.49. The number of hydrogen-bond acceptors (Lipinski definition) is 3. The molecule has 2 N–H and O–H groups in total. The summed E-state index contributed by atoms with van der Waals surface area (Å²) in [7, 11) is 0. The molecule has 0 aliphatic carbocycles. The van der Waals surface area contributed by atoms with Crippen molar-refractivity contribution in [3.63, 3.8) is 0 Å². The monoisotopic (exact) mass is 277 g/mol. The van der Waals surface area contributed by atoms with Crippen molar-refractivity contribution in [2.45, 2.75) is 6.18 Å². The number of anilines is 1. The highest BCUT2D eigenvalue weighted by Gasteiger charge is 2.29. The van der Waals surface area contributed by atoms with E-state index in [9.17, 15) is 22.8 Å². The number of carbonyl (C=O) groups is 2. The Morgan fingerprint density at radius 3 is 2.21 bits per heavy atom. The summed E-state index contributed by atoms with van der Waals surface area (Å²) in [6.07, 6.45) is -4.44.